The van der Waals surface area contributed by atoms with Crippen LogP contribution in [0.2, 0.25) is 0 Å². The molecule has 3 amide bonds. The molecule has 0 fully saturated rings. The van der Waals surface area contributed by atoms with Crippen LogP contribution in [0.15, 0.2) is 24.3 Å². The second kappa shape index (κ2) is 8.90. The number of hydrogen-bond donors (Lipinski definition) is 3. The molecule has 0 saturated heterocycles. The summed E-state index contributed by atoms with van der Waals surface area (Å²) in [6.45, 7) is 7.50. The van der Waals surface area contributed by atoms with Crippen LogP contribution >= 0.6 is 0 Å². The number of aliphatic carboxylic acids is 1. The number of anilines is 1. The van der Waals surface area contributed by atoms with Gasteiger partial charge in [0, 0.05) is 29.9 Å². The average molecular weight is 335 g/mol. The summed E-state index contributed by atoms with van der Waals surface area (Å²) in [6, 6.07) is 6.12. The predicted molar refractivity (Wildman–Crippen MR) is 92.2 cm³/mol. The van der Waals surface area contributed by atoms with Crippen LogP contribution in [0.3, 0.4) is 0 Å². The Morgan fingerprint density at radius 2 is 1.83 bits per heavy atom. The molecule has 3 N–H and O–H groups in total. The first-order chi connectivity index (χ1) is 11.2. The van der Waals surface area contributed by atoms with Crippen molar-refractivity contribution < 1.29 is 19.5 Å². The summed E-state index contributed by atoms with van der Waals surface area (Å²) < 4.78 is 0. The largest absolute Gasteiger partial charge is 0.481 e. The SMILES string of the molecule is CC(C)NC(=O)Nc1cccc(C(=O)N(CCC(=O)O)C(C)C)c1. The molecule has 0 heterocycles. The van der Waals surface area contributed by atoms with Gasteiger partial charge in [0.1, 0.15) is 0 Å². The molecule has 0 saturated carbocycles. The molecule has 132 valence electrons. The first-order valence-corrected chi connectivity index (χ1v) is 7.91. The monoisotopic (exact) mass is 335 g/mol. The summed E-state index contributed by atoms with van der Waals surface area (Å²) in [4.78, 5) is 36.6. The van der Waals surface area contributed by atoms with Crippen molar-refractivity contribution in [1.29, 1.82) is 0 Å². The van der Waals surface area contributed by atoms with Gasteiger partial charge in [0.2, 0.25) is 0 Å². The first-order valence-electron chi connectivity index (χ1n) is 7.91. The molecule has 0 atom stereocenters. The Bertz CT molecular complexity index is 599. The summed E-state index contributed by atoms with van der Waals surface area (Å²) in [7, 11) is 0. The van der Waals surface area contributed by atoms with E-state index in [9.17, 15) is 14.4 Å². The fourth-order valence-corrected chi connectivity index (χ4v) is 2.14. The topological polar surface area (TPSA) is 98.7 Å². The van der Waals surface area contributed by atoms with Crippen molar-refractivity contribution in [2.45, 2.75) is 46.2 Å². The Labute approximate surface area is 142 Å². The van der Waals surface area contributed by atoms with Crippen molar-refractivity contribution in [3.63, 3.8) is 0 Å². The summed E-state index contributed by atoms with van der Waals surface area (Å²) in [6.07, 6.45) is -0.112. The third-order valence-corrected chi connectivity index (χ3v) is 3.24. The summed E-state index contributed by atoms with van der Waals surface area (Å²) in [5, 5.41) is 14.2. The first kappa shape index (κ1) is 19.5. The molecule has 0 bridgehead atoms. The minimum absolute atomic E-state index is 0.00210. The molecule has 0 aliphatic heterocycles. The summed E-state index contributed by atoms with van der Waals surface area (Å²) >= 11 is 0. The van der Waals surface area contributed by atoms with Gasteiger partial charge in [0.25, 0.3) is 5.91 Å². The zero-order valence-corrected chi connectivity index (χ0v) is 14.5. The lowest BCUT2D eigenvalue weighted by molar-refractivity contribution is -0.137. The average Bonchev–Trinajstić information content (AvgIpc) is 2.45. The van der Waals surface area contributed by atoms with Gasteiger partial charge in [0.05, 0.1) is 6.42 Å². The number of carbonyl (C=O) groups is 3. The smallest absolute Gasteiger partial charge is 0.319 e. The van der Waals surface area contributed by atoms with E-state index in [2.05, 4.69) is 10.6 Å². The third kappa shape index (κ3) is 6.28. The van der Waals surface area contributed by atoms with Crippen molar-refractivity contribution in [2.24, 2.45) is 0 Å². The van der Waals surface area contributed by atoms with E-state index in [1.54, 1.807) is 24.3 Å². The molecule has 0 spiro atoms. The van der Waals surface area contributed by atoms with E-state index >= 15 is 0 Å². The van der Waals surface area contributed by atoms with E-state index in [0.29, 0.717) is 11.3 Å². The Balaban J connectivity index is 2.87. The van der Waals surface area contributed by atoms with Gasteiger partial charge in [0.15, 0.2) is 0 Å². The normalized spacial score (nSPS) is 10.6. The lowest BCUT2D eigenvalue weighted by Crippen LogP contribution is -2.38. The second-order valence-corrected chi connectivity index (χ2v) is 6.07. The molecular formula is C17H25N3O4. The molecule has 0 radical (unpaired) electrons. The Kier molecular flexibility index (Phi) is 7.23. The molecule has 1 aromatic carbocycles. The lowest BCUT2D eigenvalue weighted by atomic mass is 10.1. The van der Waals surface area contributed by atoms with Gasteiger partial charge in [-0.25, -0.2) is 4.79 Å². The molecule has 1 rings (SSSR count). The van der Waals surface area contributed by atoms with Crippen LogP contribution in [0.5, 0.6) is 0 Å². The molecule has 0 aliphatic rings. The van der Waals surface area contributed by atoms with E-state index in [1.165, 1.54) is 4.90 Å². The van der Waals surface area contributed by atoms with Gasteiger partial charge in [-0.2, -0.15) is 0 Å². The number of carboxylic acids is 1. The van der Waals surface area contributed by atoms with Crippen LogP contribution in [-0.2, 0) is 4.79 Å². The van der Waals surface area contributed by atoms with Gasteiger partial charge in [-0.3, -0.25) is 9.59 Å². The number of rotatable bonds is 7. The number of carbonyl (C=O) groups excluding carboxylic acids is 2. The molecular weight excluding hydrogens is 310 g/mol. The number of carboxylic acid groups (broad SMARTS) is 1. The highest BCUT2D eigenvalue weighted by Gasteiger charge is 2.20. The Morgan fingerprint density at radius 1 is 1.17 bits per heavy atom. The van der Waals surface area contributed by atoms with Gasteiger partial charge in [-0.1, -0.05) is 6.07 Å². The summed E-state index contributed by atoms with van der Waals surface area (Å²) in [5.74, 6) is -1.21. The summed E-state index contributed by atoms with van der Waals surface area (Å²) in [5.41, 5.74) is 0.900. The van der Waals surface area contributed by atoms with Crippen molar-refractivity contribution in [2.75, 3.05) is 11.9 Å². The Morgan fingerprint density at radius 3 is 2.38 bits per heavy atom. The van der Waals surface area contributed by atoms with Crippen LogP contribution in [0.4, 0.5) is 10.5 Å². The van der Waals surface area contributed by atoms with Crippen LogP contribution < -0.4 is 10.6 Å². The molecule has 0 unspecified atom stereocenters. The van der Waals surface area contributed by atoms with Crippen molar-refractivity contribution in [3.05, 3.63) is 29.8 Å². The van der Waals surface area contributed by atoms with Crippen LogP contribution in [0.25, 0.3) is 0 Å². The number of amides is 3. The maximum Gasteiger partial charge on any atom is 0.319 e. The van der Waals surface area contributed by atoms with Crippen LogP contribution in [0.1, 0.15) is 44.5 Å². The van der Waals surface area contributed by atoms with E-state index in [-0.39, 0.29) is 37.0 Å². The molecule has 1 aromatic rings. The Hall–Kier alpha value is -2.57. The van der Waals surface area contributed by atoms with E-state index in [1.807, 2.05) is 27.7 Å². The van der Waals surface area contributed by atoms with E-state index < -0.39 is 5.97 Å². The molecule has 0 aliphatic carbocycles. The van der Waals surface area contributed by atoms with Gasteiger partial charge < -0.3 is 20.6 Å². The van der Waals surface area contributed by atoms with Crippen molar-refractivity contribution >= 4 is 23.6 Å². The molecule has 24 heavy (non-hydrogen) atoms. The number of benzene rings is 1. The molecule has 7 heteroatoms. The standard InChI is InChI=1S/C17H25N3O4/c1-11(2)18-17(24)19-14-7-5-6-13(10-14)16(23)20(12(3)4)9-8-15(21)22/h5-7,10-12H,8-9H2,1-4H3,(H,21,22)(H2,18,19,24). The lowest BCUT2D eigenvalue weighted by Gasteiger charge is -2.26. The van der Waals surface area contributed by atoms with E-state index in [4.69, 9.17) is 5.11 Å². The zero-order chi connectivity index (χ0) is 18.3. The minimum atomic E-state index is -0.950. The fourth-order valence-electron chi connectivity index (χ4n) is 2.14. The van der Waals surface area contributed by atoms with Crippen LogP contribution in [0, 0.1) is 0 Å². The van der Waals surface area contributed by atoms with Gasteiger partial charge >= 0.3 is 12.0 Å². The number of nitrogens with one attached hydrogen (secondary N) is 2. The highest BCUT2D eigenvalue weighted by molar-refractivity contribution is 5.97. The quantitative estimate of drug-likeness (QED) is 0.713. The second-order valence-electron chi connectivity index (χ2n) is 6.07. The van der Waals surface area contributed by atoms with Crippen molar-refractivity contribution in [1.82, 2.24) is 10.2 Å². The number of hydrogen-bond acceptors (Lipinski definition) is 3. The number of urea groups is 1. The maximum atomic E-state index is 12.6. The van der Waals surface area contributed by atoms with Crippen molar-refractivity contribution in [3.8, 4) is 0 Å². The van der Waals surface area contributed by atoms with E-state index in [0.717, 1.165) is 0 Å². The maximum absolute atomic E-state index is 12.6. The molecule has 7 nitrogen and oxygen atoms in total. The van der Waals surface area contributed by atoms with Gasteiger partial charge in [-0.05, 0) is 45.9 Å². The predicted octanol–water partition coefficient (Wildman–Crippen LogP) is 2.54. The zero-order valence-electron chi connectivity index (χ0n) is 14.5. The number of nitrogens with zero attached hydrogens (tertiary/aromatic N) is 1. The highest BCUT2D eigenvalue weighted by atomic mass is 16.4. The highest BCUT2D eigenvalue weighted by Crippen LogP contribution is 2.15. The fraction of sp³-hybridized carbons (Fsp3) is 0.471. The van der Waals surface area contributed by atoms with Crippen LogP contribution in [-0.4, -0.2) is 46.5 Å². The molecule has 0 aromatic heterocycles. The van der Waals surface area contributed by atoms with Gasteiger partial charge in [-0.15, -0.1) is 0 Å². The third-order valence-electron chi connectivity index (χ3n) is 3.24. The minimum Gasteiger partial charge on any atom is -0.481 e.